The van der Waals surface area contributed by atoms with Crippen LogP contribution in [0.5, 0.6) is 17.2 Å². The monoisotopic (exact) mass is 450 g/mol. The predicted octanol–water partition coefficient (Wildman–Crippen LogP) is 5.70. The Labute approximate surface area is 192 Å². The van der Waals surface area contributed by atoms with E-state index in [9.17, 15) is 4.79 Å². The van der Waals surface area contributed by atoms with Crippen LogP contribution in [0.25, 0.3) is 5.57 Å². The highest BCUT2D eigenvalue weighted by atomic mass is 32.2. The molecule has 166 valence electrons. The van der Waals surface area contributed by atoms with Gasteiger partial charge in [0.05, 0.1) is 14.2 Å². The number of aliphatic carboxylic acids is 1. The zero-order chi connectivity index (χ0) is 22.9. The molecular formula is C26H26O5S. The summed E-state index contributed by atoms with van der Waals surface area (Å²) in [7, 11) is 3.33. The van der Waals surface area contributed by atoms with Crippen molar-refractivity contribution < 1.29 is 24.1 Å². The Hall–Kier alpha value is -3.38. The standard InChI is InChI=1S/C26H26O5S/c1-18-14-23(10-11-25(18)31-17-26(27)28)32-13-12-24(19-6-4-8-21(15-19)29-2)20-7-5-9-22(16-20)30-3/h4-12,14-16H,13,17H2,1-3H3,(H,27,28). The van der Waals surface area contributed by atoms with Gasteiger partial charge in [0.25, 0.3) is 0 Å². The van der Waals surface area contributed by atoms with Crippen LogP contribution < -0.4 is 14.2 Å². The van der Waals surface area contributed by atoms with Gasteiger partial charge in [-0.1, -0.05) is 30.3 Å². The first-order valence-corrected chi connectivity index (χ1v) is 11.1. The van der Waals surface area contributed by atoms with Crippen molar-refractivity contribution in [2.45, 2.75) is 11.8 Å². The zero-order valence-electron chi connectivity index (χ0n) is 18.3. The topological polar surface area (TPSA) is 65.0 Å². The number of carboxylic acids is 1. The summed E-state index contributed by atoms with van der Waals surface area (Å²) in [6.45, 7) is 1.56. The average Bonchev–Trinajstić information content (AvgIpc) is 2.81. The van der Waals surface area contributed by atoms with Crippen LogP contribution in [-0.2, 0) is 4.79 Å². The van der Waals surface area contributed by atoms with Crippen LogP contribution in [0.2, 0.25) is 0 Å². The van der Waals surface area contributed by atoms with Crippen molar-refractivity contribution in [1.82, 2.24) is 0 Å². The number of rotatable bonds is 10. The summed E-state index contributed by atoms with van der Waals surface area (Å²) in [4.78, 5) is 11.8. The highest BCUT2D eigenvalue weighted by Gasteiger charge is 2.09. The Morgan fingerprint density at radius 1 is 0.938 bits per heavy atom. The molecular weight excluding hydrogens is 424 g/mol. The van der Waals surface area contributed by atoms with Gasteiger partial charge in [0.1, 0.15) is 17.2 Å². The first kappa shape index (κ1) is 23.3. The maximum atomic E-state index is 10.7. The SMILES string of the molecule is COc1cccc(C(=CCSc2ccc(OCC(=O)O)c(C)c2)c2cccc(OC)c2)c1. The first-order chi connectivity index (χ1) is 15.5. The van der Waals surface area contributed by atoms with Gasteiger partial charge in [0.15, 0.2) is 6.61 Å². The van der Waals surface area contributed by atoms with Crippen molar-refractivity contribution in [2.75, 3.05) is 26.6 Å². The molecule has 6 heteroatoms. The summed E-state index contributed by atoms with van der Waals surface area (Å²) in [6.07, 6.45) is 2.19. The number of ether oxygens (including phenoxy) is 3. The third kappa shape index (κ3) is 6.31. The van der Waals surface area contributed by atoms with Crippen molar-refractivity contribution in [3.8, 4) is 17.2 Å². The number of benzene rings is 3. The minimum absolute atomic E-state index is 0.347. The van der Waals surface area contributed by atoms with Gasteiger partial charge in [-0.2, -0.15) is 0 Å². The summed E-state index contributed by atoms with van der Waals surface area (Å²) < 4.78 is 16.1. The molecule has 0 bridgehead atoms. The average molecular weight is 451 g/mol. The summed E-state index contributed by atoms with van der Waals surface area (Å²) in [5.41, 5.74) is 4.12. The number of hydrogen-bond acceptors (Lipinski definition) is 5. The minimum Gasteiger partial charge on any atom is -0.497 e. The fraction of sp³-hybridized carbons (Fsp3) is 0.192. The lowest BCUT2D eigenvalue weighted by Crippen LogP contribution is -2.09. The highest BCUT2D eigenvalue weighted by molar-refractivity contribution is 7.99. The molecule has 32 heavy (non-hydrogen) atoms. The Balaban J connectivity index is 1.83. The van der Waals surface area contributed by atoms with Gasteiger partial charge in [0, 0.05) is 10.6 Å². The molecule has 1 N–H and O–H groups in total. The minimum atomic E-state index is -0.990. The quantitative estimate of drug-likeness (QED) is 0.400. The fourth-order valence-corrected chi connectivity index (χ4v) is 4.08. The molecule has 0 aromatic heterocycles. The van der Waals surface area contributed by atoms with E-state index < -0.39 is 5.97 Å². The van der Waals surface area contributed by atoms with Crippen LogP contribution in [0.3, 0.4) is 0 Å². The molecule has 0 atom stereocenters. The Morgan fingerprint density at radius 2 is 1.56 bits per heavy atom. The third-order valence-electron chi connectivity index (χ3n) is 4.80. The van der Waals surface area contributed by atoms with Crippen molar-refractivity contribution >= 4 is 23.3 Å². The summed E-state index contributed by atoms with van der Waals surface area (Å²) in [5, 5.41) is 8.79. The molecule has 0 fully saturated rings. The summed E-state index contributed by atoms with van der Waals surface area (Å²) in [6, 6.07) is 21.8. The van der Waals surface area contributed by atoms with Crippen LogP contribution in [0.15, 0.2) is 77.7 Å². The smallest absolute Gasteiger partial charge is 0.341 e. The second-order valence-corrected chi connectivity index (χ2v) is 8.10. The van der Waals surface area contributed by atoms with Gasteiger partial charge in [-0.15, -0.1) is 11.8 Å². The molecule has 0 amide bonds. The molecule has 0 saturated carbocycles. The van der Waals surface area contributed by atoms with Gasteiger partial charge < -0.3 is 19.3 Å². The highest BCUT2D eigenvalue weighted by Crippen LogP contribution is 2.31. The molecule has 0 aliphatic heterocycles. The van der Waals surface area contributed by atoms with Gasteiger partial charge in [-0.25, -0.2) is 4.79 Å². The van der Waals surface area contributed by atoms with Crippen molar-refractivity contribution in [1.29, 1.82) is 0 Å². The molecule has 0 radical (unpaired) electrons. The van der Waals surface area contributed by atoms with Crippen molar-refractivity contribution in [3.05, 3.63) is 89.5 Å². The van der Waals surface area contributed by atoms with Crippen LogP contribution in [0.4, 0.5) is 0 Å². The van der Waals surface area contributed by atoms with E-state index in [4.69, 9.17) is 19.3 Å². The number of aryl methyl sites for hydroxylation is 1. The zero-order valence-corrected chi connectivity index (χ0v) is 19.1. The lowest BCUT2D eigenvalue weighted by molar-refractivity contribution is -0.139. The van der Waals surface area contributed by atoms with Crippen LogP contribution >= 0.6 is 11.8 Å². The van der Waals surface area contributed by atoms with Crippen LogP contribution in [0.1, 0.15) is 16.7 Å². The fourth-order valence-electron chi connectivity index (χ4n) is 3.22. The molecule has 3 aromatic carbocycles. The lowest BCUT2D eigenvalue weighted by atomic mass is 9.97. The van der Waals surface area contributed by atoms with Gasteiger partial charge in [-0.05, 0) is 71.7 Å². The second-order valence-electron chi connectivity index (χ2n) is 7.00. The molecule has 0 saturated heterocycles. The maximum Gasteiger partial charge on any atom is 0.341 e. The Morgan fingerprint density at radius 3 is 2.09 bits per heavy atom. The second kappa shape index (κ2) is 11.3. The molecule has 0 heterocycles. The lowest BCUT2D eigenvalue weighted by Gasteiger charge is -2.12. The first-order valence-electron chi connectivity index (χ1n) is 10.1. The van der Waals surface area contributed by atoms with E-state index in [1.807, 2.05) is 61.5 Å². The molecule has 0 spiro atoms. The molecule has 5 nitrogen and oxygen atoms in total. The van der Waals surface area contributed by atoms with Gasteiger partial charge >= 0.3 is 5.97 Å². The van der Waals surface area contributed by atoms with E-state index in [1.165, 1.54) is 0 Å². The summed E-state index contributed by atoms with van der Waals surface area (Å²) in [5.74, 6) is 1.95. The van der Waals surface area contributed by atoms with Crippen LogP contribution in [0, 0.1) is 6.92 Å². The van der Waals surface area contributed by atoms with E-state index in [0.717, 1.165) is 44.4 Å². The normalized spacial score (nSPS) is 10.3. The predicted molar refractivity (Wildman–Crippen MR) is 128 cm³/mol. The Kier molecular flexibility index (Phi) is 8.22. The largest absolute Gasteiger partial charge is 0.497 e. The van der Waals surface area contributed by atoms with Crippen LogP contribution in [-0.4, -0.2) is 37.7 Å². The number of hydrogen-bond donors (Lipinski definition) is 1. The molecule has 0 unspecified atom stereocenters. The number of methoxy groups -OCH3 is 2. The van der Waals surface area contributed by atoms with Gasteiger partial charge in [-0.3, -0.25) is 0 Å². The number of carboxylic acid groups (broad SMARTS) is 1. The number of carbonyl (C=O) groups is 1. The van der Waals surface area contributed by atoms with Gasteiger partial charge in [0.2, 0.25) is 0 Å². The van der Waals surface area contributed by atoms with Crippen molar-refractivity contribution in [3.63, 3.8) is 0 Å². The molecule has 0 aliphatic rings. The van der Waals surface area contributed by atoms with E-state index in [-0.39, 0.29) is 6.61 Å². The van der Waals surface area contributed by atoms with E-state index >= 15 is 0 Å². The van der Waals surface area contributed by atoms with E-state index in [1.54, 1.807) is 26.0 Å². The molecule has 3 rings (SSSR count). The van der Waals surface area contributed by atoms with Crippen molar-refractivity contribution in [2.24, 2.45) is 0 Å². The molecule has 0 aliphatic carbocycles. The third-order valence-corrected chi connectivity index (χ3v) is 5.72. The van der Waals surface area contributed by atoms with E-state index in [2.05, 4.69) is 18.2 Å². The number of thioether (sulfide) groups is 1. The summed E-state index contributed by atoms with van der Waals surface area (Å²) >= 11 is 1.69. The maximum absolute atomic E-state index is 10.7. The van der Waals surface area contributed by atoms with E-state index in [0.29, 0.717) is 5.75 Å². The molecule has 3 aromatic rings. The Bertz CT molecular complexity index is 1060.